The monoisotopic (exact) mass is 471 g/mol. The van der Waals surface area contributed by atoms with Crippen LogP contribution in [0.15, 0.2) is 28.2 Å². The molecule has 1 aromatic carbocycles. The van der Waals surface area contributed by atoms with Crippen LogP contribution in [0.2, 0.25) is 0 Å². The number of benzene rings is 1. The van der Waals surface area contributed by atoms with Crippen molar-refractivity contribution in [3.8, 4) is 5.69 Å². The smallest absolute Gasteiger partial charge is 0.267 e. The molecule has 6 nitrogen and oxygen atoms in total. The molecule has 2 heterocycles. The summed E-state index contributed by atoms with van der Waals surface area (Å²) >= 11 is 2.70. The third-order valence-electron chi connectivity index (χ3n) is 5.74. The molecular weight excluding hydrogens is 442 g/mol. The molecule has 1 atom stereocenters. The summed E-state index contributed by atoms with van der Waals surface area (Å²) < 4.78 is 1.62. The number of aromatic nitrogens is 2. The molecule has 0 saturated heterocycles. The van der Waals surface area contributed by atoms with E-state index in [0.717, 1.165) is 27.3 Å². The molecule has 2 aromatic heterocycles. The Kier molecular flexibility index (Phi) is 7.25. The van der Waals surface area contributed by atoms with Crippen LogP contribution in [0, 0.1) is 33.6 Å². The zero-order valence-corrected chi connectivity index (χ0v) is 21.2. The first-order valence-electron chi connectivity index (χ1n) is 10.5. The van der Waals surface area contributed by atoms with Crippen molar-refractivity contribution in [2.45, 2.75) is 59.7 Å². The second-order valence-corrected chi connectivity index (χ2v) is 10.6. The number of hydrogen-bond donors (Lipinski definition) is 1. The summed E-state index contributed by atoms with van der Waals surface area (Å²) in [7, 11) is 0. The number of nitrogens with zero attached hydrogens (tertiary/aromatic N) is 2. The predicted molar refractivity (Wildman–Crippen MR) is 132 cm³/mol. The van der Waals surface area contributed by atoms with Crippen molar-refractivity contribution in [1.29, 1.82) is 0 Å². The van der Waals surface area contributed by atoms with Gasteiger partial charge in [-0.05, 0) is 63.3 Å². The van der Waals surface area contributed by atoms with Crippen molar-refractivity contribution in [2.24, 2.45) is 5.92 Å². The van der Waals surface area contributed by atoms with E-state index in [1.54, 1.807) is 4.57 Å². The van der Waals surface area contributed by atoms with E-state index in [2.05, 4.69) is 5.32 Å². The number of carbonyl (C=O) groups excluding carboxylic acids is 2. The number of rotatable bonds is 7. The Morgan fingerprint density at radius 1 is 1.16 bits per heavy atom. The fourth-order valence-electron chi connectivity index (χ4n) is 3.65. The summed E-state index contributed by atoms with van der Waals surface area (Å²) in [4.78, 5) is 44.6. The van der Waals surface area contributed by atoms with Crippen LogP contribution in [0.5, 0.6) is 0 Å². The Balaban J connectivity index is 2.06. The molecule has 0 bridgehead atoms. The highest BCUT2D eigenvalue weighted by Gasteiger charge is 2.23. The van der Waals surface area contributed by atoms with E-state index in [1.807, 2.05) is 59.7 Å². The van der Waals surface area contributed by atoms with Crippen molar-refractivity contribution in [2.75, 3.05) is 5.75 Å². The van der Waals surface area contributed by atoms with E-state index < -0.39 is 6.04 Å². The molecule has 0 fully saturated rings. The zero-order valence-electron chi connectivity index (χ0n) is 19.5. The van der Waals surface area contributed by atoms with Gasteiger partial charge in [-0.25, -0.2) is 4.98 Å². The molecule has 170 valence electrons. The normalized spacial score (nSPS) is 12.4. The van der Waals surface area contributed by atoms with Crippen molar-refractivity contribution in [3.63, 3.8) is 0 Å². The quantitative estimate of drug-likeness (QED) is 0.405. The van der Waals surface area contributed by atoms with Gasteiger partial charge in [0.2, 0.25) is 5.91 Å². The van der Waals surface area contributed by atoms with Crippen LogP contribution < -0.4 is 10.9 Å². The molecule has 0 saturated carbocycles. The number of hydrogen-bond acceptors (Lipinski definition) is 6. The molecule has 3 aromatic rings. The number of nitrogens with one attached hydrogen (secondary N) is 1. The summed E-state index contributed by atoms with van der Waals surface area (Å²) in [6.45, 7) is 13.2. The molecule has 0 aliphatic rings. The highest BCUT2D eigenvalue weighted by atomic mass is 32.2. The molecule has 3 rings (SSSR count). The molecule has 1 unspecified atom stereocenters. The van der Waals surface area contributed by atoms with Crippen molar-refractivity contribution >= 4 is 45.0 Å². The summed E-state index contributed by atoms with van der Waals surface area (Å²) in [6, 6.07) is 5.30. The average molecular weight is 472 g/mol. The topological polar surface area (TPSA) is 81.1 Å². The van der Waals surface area contributed by atoms with Gasteiger partial charge in [-0.15, -0.1) is 11.3 Å². The zero-order chi connectivity index (χ0) is 23.7. The molecule has 0 aliphatic heterocycles. The number of aryl methyl sites for hydroxylation is 3. The van der Waals surface area contributed by atoms with Crippen LogP contribution in [0.3, 0.4) is 0 Å². The van der Waals surface area contributed by atoms with E-state index in [9.17, 15) is 14.4 Å². The van der Waals surface area contributed by atoms with Gasteiger partial charge in [0.1, 0.15) is 4.83 Å². The lowest BCUT2D eigenvalue weighted by molar-refractivity contribution is -0.126. The van der Waals surface area contributed by atoms with Gasteiger partial charge in [-0.3, -0.25) is 19.0 Å². The predicted octanol–water partition coefficient (Wildman–Crippen LogP) is 4.50. The Labute approximate surface area is 196 Å². The molecule has 32 heavy (non-hydrogen) atoms. The van der Waals surface area contributed by atoms with Crippen LogP contribution in [0.1, 0.15) is 42.3 Å². The van der Waals surface area contributed by atoms with Crippen LogP contribution >= 0.6 is 23.1 Å². The number of Topliss-reactive ketones (excluding diaryl/α,β-unsaturated/α-hetero) is 1. The summed E-state index contributed by atoms with van der Waals surface area (Å²) in [5.41, 5.74) is 3.64. The summed E-state index contributed by atoms with van der Waals surface area (Å²) in [6.07, 6.45) is 0. The molecule has 0 spiro atoms. The van der Waals surface area contributed by atoms with Crippen molar-refractivity contribution in [3.05, 3.63) is 50.1 Å². The number of fused-ring (bicyclic) bond motifs is 1. The lowest BCUT2D eigenvalue weighted by Gasteiger charge is -2.19. The third-order valence-corrected chi connectivity index (χ3v) is 7.78. The molecule has 8 heteroatoms. The van der Waals surface area contributed by atoms with Crippen molar-refractivity contribution in [1.82, 2.24) is 14.9 Å². The van der Waals surface area contributed by atoms with Gasteiger partial charge in [-0.1, -0.05) is 37.7 Å². The number of carbonyl (C=O) groups is 2. The van der Waals surface area contributed by atoms with Gasteiger partial charge in [0.15, 0.2) is 10.9 Å². The van der Waals surface area contributed by atoms with Gasteiger partial charge in [-0.2, -0.15) is 0 Å². The second-order valence-electron chi connectivity index (χ2n) is 8.41. The van der Waals surface area contributed by atoms with Gasteiger partial charge in [0.25, 0.3) is 5.56 Å². The minimum absolute atomic E-state index is 0.00104. The third kappa shape index (κ3) is 4.66. The maximum atomic E-state index is 13.6. The van der Waals surface area contributed by atoms with E-state index >= 15 is 0 Å². The highest BCUT2D eigenvalue weighted by Crippen LogP contribution is 2.30. The van der Waals surface area contributed by atoms with E-state index in [0.29, 0.717) is 15.4 Å². The Morgan fingerprint density at radius 3 is 2.47 bits per heavy atom. The minimum Gasteiger partial charge on any atom is -0.345 e. The summed E-state index contributed by atoms with van der Waals surface area (Å²) in [5, 5.41) is 3.90. The lowest BCUT2D eigenvalue weighted by atomic mass is 10.0. The van der Waals surface area contributed by atoms with Crippen LogP contribution in [0.25, 0.3) is 15.9 Å². The second kappa shape index (κ2) is 9.58. The first-order chi connectivity index (χ1) is 15.0. The average Bonchev–Trinajstić information content (AvgIpc) is 3.00. The van der Waals surface area contributed by atoms with Crippen LogP contribution in [-0.4, -0.2) is 33.0 Å². The molecule has 1 N–H and O–H groups in total. The maximum absolute atomic E-state index is 13.6. The first-order valence-corrected chi connectivity index (χ1v) is 12.3. The molecule has 1 amide bonds. The Hall–Kier alpha value is -2.45. The minimum atomic E-state index is -0.526. The van der Waals surface area contributed by atoms with Gasteiger partial charge < -0.3 is 5.32 Å². The van der Waals surface area contributed by atoms with Gasteiger partial charge >= 0.3 is 0 Å². The lowest BCUT2D eigenvalue weighted by Crippen LogP contribution is -2.44. The number of amides is 1. The Bertz CT molecular complexity index is 1260. The standard InChI is InChI=1S/C24H29N3O3S2/c1-12(2)21(16(6)28)25-19(29)11-31-24-26-22-20(15(5)17(7)32-22)23(30)27(24)18-10-8-9-13(3)14(18)4/h8-10,12,21H,11H2,1-7H3,(H,25,29). The maximum Gasteiger partial charge on any atom is 0.267 e. The number of thiophene rings is 1. The van der Waals surface area contributed by atoms with Gasteiger partial charge in [0, 0.05) is 4.88 Å². The van der Waals surface area contributed by atoms with Crippen LogP contribution in [-0.2, 0) is 9.59 Å². The first kappa shape index (κ1) is 24.2. The number of ketones is 1. The van der Waals surface area contributed by atoms with E-state index in [4.69, 9.17) is 4.98 Å². The highest BCUT2D eigenvalue weighted by molar-refractivity contribution is 7.99. The fraction of sp³-hybridized carbons (Fsp3) is 0.417. The van der Waals surface area contributed by atoms with Crippen molar-refractivity contribution < 1.29 is 9.59 Å². The van der Waals surface area contributed by atoms with E-state index in [1.165, 1.54) is 30.0 Å². The molecular formula is C24H29N3O3S2. The SMILES string of the molecule is CC(=O)C(NC(=O)CSc1nc2sc(C)c(C)c2c(=O)n1-c1cccc(C)c1C)C(C)C. The van der Waals surface area contributed by atoms with E-state index in [-0.39, 0.29) is 28.9 Å². The molecule has 0 radical (unpaired) electrons. The van der Waals surface area contributed by atoms with Gasteiger partial charge in [0.05, 0.1) is 22.9 Å². The largest absolute Gasteiger partial charge is 0.345 e. The molecule has 0 aliphatic carbocycles. The fourth-order valence-corrected chi connectivity index (χ4v) is 5.53. The Morgan fingerprint density at radius 2 is 1.84 bits per heavy atom. The number of thioether (sulfide) groups is 1. The van der Waals surface area contributed by atoms with Crippen LogP contribution in [0.4, 0.5) is 0 Å². The summed E-state index contributed by atoms with van der Waals surface area (Å²) in [5.74, 6) is -0.275.